The van der Waals surface area contributed by atoms with Crippen LogP contribution in [0.15, 0.2) is 18.2 Å². The van der Waals surface area contributed by atoms with E-state index < -0.39 is 5.41 Å². The summed E-state index contributed by atoms with van der Waals surface area (Å²) in [5.41, 5.74) is 7.36. The minimum absolute atomic E-state index is 0. The Morgan fingerprint density at radius 1 is 1.44 bits per heavy atom. The van der Waals surface area contributed by atoms with E-state index in [0.717, 1.165) is 11.1 Å². The van der Waals surface area contributed by atoms with Crippen molar-refractivity contribution < 1.29 is 9.50 Å². The number of aliphatic hydroxyl groups is 1. The van der Waals surface area contributed by atoms with E-state index in [-0.39, 0.29) is 30.9 Å². The second kappa shape index (κ2) is 5.62. The maximum Gasteiger partial charge on any atom is 0.123 e. The van der Waals surface area contributed by atoms with Gasteiger partial charge in [0.05, 0.1) is 0 Å². The minimum Gasteiger partial charge on any atom is -0.396 e. The highest BCUT2D eigenvalue weighted by molar-refractivity contribution is 5.85. The van der Waals surface area contributed by atoms with Gasteiger partial charge in [-0.3, -0.25) is 0 Å². The first kappa shape index (κ1) is 15.4. The van der Waals surface area contributed by atoms with Crippen LogP contribution in [0, 0.1) is 18.2 Å². The number of nitrogens with two attached hydrogens (primary N) is 1. The molecule has 0 bridgehead atoms. The summed E-state index contributed by atoms with van der Waals surface area (Å²) in [4.78, 5) is 0. The smallest absolute Gasteiger partial charge is 0.123 e. The number of aliphatic hydroxyl groups excluding tert-OH is 1. The topological polar surface area (TPSA) is 46.2 Å². The lowest BCUT2D eigenvalue weighted by Gasteiger charge is -2.30. The van der Waals surface area contributed by atoms with Crippen LogP contribution in [0.3, 0.4) is 0 Å². The molecule has 0 aliphatic carbocycles. The molecule has 2 nitrogen and oxygen atoms in total. The Morgan fingerprint density at radius 3 is 2.44 bits per heavy atom. The van der Waals surface area contributed by atoms with Gasteiger partial charge in [-0.15, -0.1) is 12.4 Å². The summed E-state index contributed by atoms with van der Waals surface area (Å²) >= 11 is 0. The van der Waals surface area contributed by atoms with Gasteiger partial charge in [0.15, 0.2) is 0 Å². The number of aryl methyl sites for hydroxylation is 1. The molecule has 1 aromatic rings. The summed E-state index contributed by atoms with van der Waals surface area (Å²) in [7, 11) is 0. The van der Waals surface area contributed by atoms with Crippen LogP contribution in [0.25, 0.3) is 0 Å². The number of benzene rings is 1. The Morgan fingerprint density at radius 2 is 2.00 bits per heavy atom. The summed E-state index contributed by atoms with van der Waals surface area (Å²) in [6.45, 7) is 5.61. The molecule has 0 aromatic heterocycles. The van der Waals surface area contributed by atoms with E-state index in [9.17, 15) is 9.50 Å². The van der Waals surface area contributed by atoms with Gasteiger partial charge in [0, 0.05) is 18.1 Å². The predicted molar refractivity (Wildman–Crippen MR) is 66.2 cm³/mol. The molecule has 3 N–H and O–H groups in total. The van der Waals surface area contributed by atoms with Crippen molar-refractivity contribution in [3.05, 3.63) is 35.1 Å². The average Bonchev–Trinajstić information content (AvgIpc) is 2.17. The van der Waals surface area contributed by atoms with Crippen LogP contribution < -0.4 is 5.73 Å². The fourth-order valence-electron chi connectivity index (χ4n) is 1.51. The molecule has 0 spiro atoms. The molecule has 0 amide bonds. The third kappa shape index (κ3) is 3.17. The van der Waals surface area contributed by atoms with Crippen LogP contribution in [0.2, 0.25) is 0 Å². The molecule has 0 unspecified atom stereocenters. The fraction of sp³-hybridized carbons (Fsp3) is 0.500. The summed E-state index contributed by atoms with van der Waals surface area (Å²) < 4.78 is 12.9. The Bertz CT molecular complexity index is 355. The number of hydrogen-bond donors (Lipinski definition) is 2. The molecule has 0 aliphatic rings. The summed E-state index contributed by atoms with van der Waals surface area (Å²) in [5, 5.41) is 9.22. The van der Waals surface area contributed by atoms with E-state index in [4.69, 9.17) is 5.73 Å². The van der Waals surface area contributed by atoms with Gasteiger partial charge in [0.1, 0.15) is 5.82 Å². The van der Waals surface area contributed by atoms with Crippen LogP contribution in [0.1, 0.15) is 31.0 Å². The standard InChI is InChI=1S/C12H18FNO.ClH/c1-8-6-9(13)4-5-10(8)11(14)12(2,3)7-15;/h4-6,11,15H,7,14H2,1-3H3;1H/t11-;/m1./s1. The van der Waals surface area contributed by atoms with Gasteiger partial charge >= 0.3 is 0 Å². The van der Waals surface area contributed by atoms with Crippen molar-refractivity contribution in [2.45, 2.75) is 26.8 Å². The van der Waals surface area contributed by atoms with E-state index in [1.54, 1.807) is 6.07 Å². The highest BCUT2D eigenvalue weighted by atomic mass is 35.5. The van der Waals surface area contributed by atoms with Crippen molar-refractivity contribution in [2.24, 2.45) is 11.1 Å². The van der Waals surface area contributed by atoms with Gasteiger partial charge in [-0.1, -0.05) is 19.9 Å². The maximum absolute atomic E-state index is 12.9. The average molecular weight is 248 g/mol. The SMILES string of the molecule is Cc1cc(F)ccc1[C@@H](N)C(C)(C)CO.Cl. The zero-order valence-electron chi connectivity index (χ0n) is 9.83. The molecule has 4 heteroatoms. The number of hydrogen-bond acceptors (Lipinski definition) is 2. The van der Waals surface area contributed by atoms with Crippen LogP contribution in [0.4, 0.5) is 4.39 Å². The van der Waals surface area contributed by atoms with Crippen molar-refractivity contribution in [3.63, 3.8) is 0 Å². The quantitative estimate of drug-likeness (QED) is 0.863. The highest BCUT2D eigenvalue weighted by Crippen LogP contribution is 2.32. The first-order valence-corrected chi connectivity index (χ1v) is 5.01. The van der Waals surface area contributed by atoms with Crippen molar-refractivity contribution in [2.75, 3.05) is 6.61 Å². The zero-order chi connectivity index (χ0) is 11.6. The number of rotatable bonds is 3. The Labute approximate surface area is 102 Å². The molecule has 1 rings (SSSR count). The van der Waals surface area contributed by atoms with Gasteiger partial charge in [-0.25, -0.2) is 4.39 Å². The molecule has 1 atom stereocenters. The first-order valence-electron chi connectivity index (χ1n) is 5.01. The van der Waals surface area contributed by atoms with Gasteiger partial charge in [0.25, 0.3) is 0 Å². The second-order valence-corrected chi connectivity index (χ2v) is 4.63. The normalized spacial score (nSPS) is 13.1. The summed E-state index contributed by atoms with van der Waals surface area (Å²) in [6, 6.07) is 4.26. The lowest BCUT2D eigenvalue weighted by molar-refractivity contribution is 0.132. The molecule has 0 fully saturated rings. The molecule has 0 saturated heterocycles. The molecule has 16 heavy (non-hydrogen) atoms. The third-order valence-corrected chi connectivity index (χ3v) is 2.82. The highest BCUT2D eigenvalue weighted by Gasteiger charge is 2.27. The van der Waals surface area contributed by atoms with E-state index in [0.29, 0.717) is 0 Å². The van der Waals surface area contributed by atoms with Gasteiger partial charge < -0.3 is 10.8 Å². The molecule has 1 aromatic carbocycles. The predicted octanol–water partition coefficient (Wildman–Crippen LogP) is 2.57. The molecule has 0 heterocycles. The van der Waals surface area contributed by atoms with Crippen LogP contribution in [-0.4, -0.2) is 11.7 Å². The molecule has 92 valence electrons. The largest absolute Gasteiger partial charge is 0.396 e. The summed E-state index contributed by atoms with van der Waals surface area (Å²) in [6.07, 6.45) is 0. The van der Waals surface area contributed by atoms with E-state index in [1.807, 2.05) is 20.8 Å². The number of halogens is 2. The van der Waals surface area contributed by atoms with Crippen molar-refractivity contribution >= 4 is 12.4 Å². The fourth-order valence-corrected chi connectivity index (χ4v) is 1.51. The van der Waals surface area contributed by atoms with E-state index >= 15 is 0 Å². The van der Waals surface area contributed by atoms with Crippen LogP contribution in [-0.2, 0) is 0 Å². The van der Waals surface area contributed by atoms with Gasteiger partial charge in [0.2, 0.25) is 0 Å². The molecular weight excluding hydrogens is 229 g/mol. The maximum atomic E-state index is 12.9. The lowest BCUT2D eigenvalue weighted by atomic mass is 9.80. The second-order valence-electron chi connectivity index (χ2n) is 4.63. The van der Waals surface area contributed by atoms with Gasteiger partial charge in [-0.05, 0) is 30.2 Å². The van der Waals surface area contributed by atoms with Crippen molar-refractivity contribution in [1.82, 2.24) is 0 Å². The lowest BCUT2D eigenvalue weighted by Crippen LogP contribution is -2.32. The van der Waals surface area contributed by atoms with E-state index in [1.165, 1.54) is 12.1 Å². The molecule has 0 radical (unpaired) electrons. The third-order valence-electron chi connectivity index (χ3n) is 2.82. The molecule has 0 saturated carbocycles. The van der Waals surface area contributed by atoms with Crippen LogP contribution >= 0.6 is 12.4 Å². The van der Waals surface area contributed by atoms with Crippen molar-refractivity contribution in [3.8, 4) is 0 Å². The van der Waals surface area contributed by atoms with Crippen molar-refractivity contribution in [1.29, 1.82) is 0 Å². The summed E-state index contributed by atoms with van der Waals surface area (Å²) in [5.74, 6) is -0.259. The van der Waals surface area contributed by atoms with E-state index in [2.05, 4.69) is 0 Å². The van der Waals surface area contributed by atoms with Gasteiger partial charge in [-0.2, -0.15) is 0 Å². The monoisotopic (exact) mass is 247 g/mol. The molecular formula is C12H19ClFNO. The minimum atomic E-state index is -0.400. The van der Waals surface area contributed by atoms with Crippen LogP contribution in [0.5, 0.6) is 0 Å². The Kier molecular flexibility index (Phi) is 5.39. The Balaban J connectivity index is 0.00000225. The molecule has 0 aliphatic heterocycles. The zero-order valence-corrected chi connectivity index (χ0v) is 10.6. The first-order chi connectivity index (χ1) is 6.88. The Hall–Kier alpha value is -0.640.